The van der Waals surface area contributed by atoms with E-state index in [1.54, 1.807) is 11.4 Å². The number of thiophene rings is 1. The van der Waals surface area contributed by atoms with Gasteiger partial charge in [0.25, 0.3) is 5.91 Å². The van der Waals surface area contributed by atoms with Gasteiger partial charge in [0.15, 0.2) is 0 Å². The molecule has 2 heterocycles. The molecule has 0 aliphatic carbocycles. The van der Waals surface area contributed by atoms with Crippen LogP contribution in [0.1, 0.15) is 26.4 Å². The Morgan fingerprint density at radius 2 is 1.86 bits per heavy atom. The first-order valence-electron chi connectivity index (χ1n) is 8.58. The maximum atomic E-state index is 12.7. The van der Waals surface area contributed by atoms with E-state index in [-0.39, 0.29) is 22.7 Å². The number of rotatable bonds is 4. The summed E-state index contributed by atoms with van der Waals surface area (Å²) in [5.41, 5.74) is 2.76. The zero-order valence-corrected chi connectivity index (χ0v) is 16.7. The van der Waals surface area contributed by atoms with Gasteiger partial charge in [0.1, 0.15) is 17.0 Å². The van der Waals surface area contributed by atoms with Gasteiger partial charge < -0.3 is 20.5 Å². The predicted octanol–water partition coefficient (Wildman–Crippen LogP) is 5.51. The van der Waals surface area contributed by atoms with Gasteiger partial charge in [-0.3, -0.25) is 4.79 Å². The van der Waals surface area contributed by atoms with Crippen LogP contribution in [0.15, 0.2) is 47.8 Å². The highest BCUT2D eigenvalue weighted by atomic mass is 35.5. The molecule has 2 aromatic carbocycles. The molecule has 0 atom stereocenters. The van der Waals surface area contributed by atoms with E-state index in [1.165, 1.54) is 23.5 Å². The first kappa shape index (κ1) is 19.0. The molecule has 4 aromatic rings. The number of aromatic carboxylic acids is 1. The number of aryl methyl sites for hydroxylation is 1. The topological polar surface area (TPSA) is 102 Å². The number of aromatic nitrogens is 1. The van der Waals surface area contributed by atoms with Crippen molar-refractivity contribution in [3.8, 4) is 16.2 Å². The van der Waals surface area contributed by atoms with Gasteiger partial charge in [-0.1, -0.05) is 41.4 Å². The van der Waals surface area contributed by atoms with Gasteiger partial charge >= 0.3 is 5.97 Å². The Hall–Kier alpha value is -3.29. The zero-order chi connectivity index (χ0) is 20.7. The predicted molar refractivity (Wildman–Crippen MR) is 114 cm³/mol. The molecule has 4 rings (SSSR count). The van der Waals surface area contributed by atoms with E-state index in [9.17, 15) is 19.8 Å². The summed E-state index contributed by atoms with van der Waals surface area (Å²) in [6.07, 6.45) is 0. The lowest BCUT2D eigenvalue weighted by molar-refractivity contribution is 0.0699. The average molecular weight is 427 g/mol. The Morgan fingerprint density at radius 3 is 2.55 bits per heavy atom. The minimum Gasteiger partial charge on any atom is -0.507 e. The van der Waals surface area contributed by atoms with Crippen LogP contribution >= 0.6 is 22.9 Å². The van der Waals surface area contributed by atoms with E-state index in [4.69, 9.17) is 11.6 Å². The number of carbonyl (C=O) groups excluding carboxylic acids is 1. The number of anilines is 1. The number of fused-ring (bicyclic) bond motifs is 1. The van der Waals surface area contributed by atoms with E-state index in [0.717, 1.165) is 11.1 Å². The van der Waals surface area contributed by atoms with Crippen LogP contribution in [0.4, 0.5) is 5.69 Å². The molecule has 1 amide bonds. The molecular weight excluding hydrogens is 412 g/mol. The fraction of sp³-hybridized carbons (Fsp3) is 0.0476. The standard InChI is InChI=1S/C21H15ClN2O4S/c1-10-2-4-11(5-3-10)19-18(21(27)28)16(9-29-19)24-20(26)15-8-13-14(23-15)6-12(22)7-17(13)25/h2-9,23,25H,1H3,(H,24,26)(H,27,28). The number of phenols is 1. The number of carbonyl (C=O) groups is 2. The summed E-state index contributed by atoms with van der Waals surface area (Å²) in [7, 11) is 0. The average Bonchev–Trinajstić information content (AvgIpc) is 3.27. The summed E-state index contributed by atoms with van der Waals surface area (Å²) in [5, 5.41) is 24.7. The molecule has 0 saturated heterocycles. The third-order valence-electron chi connectivity index (χ3n) is 4.49. The molecule has 0 aliphatic heterocycles. The van der Waals surface area contributed by atoms with Crippen molar-refractivity contribution < 1.29 is 19.8 Å². The lowest BCUT2D eigenvalue weighted by atomic mass is 10.1. The summed E-state index contributed by atoms with van der Waals surface area (Å²) in [6, 6.07) is 12.0. The lowest BCUT2D eigenvalue weighted by Crippen LogP contribution is -2.14. The largest absolute Gasteiger partial charge is 0.507 e. The first-order chi connectivity index (χ1) is 13.8. The maximum absolute atomic E-state index is 12.7. The van der Waals surface area contributed by atoms with Crippen LogP contribution in [-0.2, 0) is 0 Å². The van der Waals surface area contributed by atoms with Crippen LogP contribution in [0, 0.1) is 6.92 Å². The molecule has 146 valence electrons. The second-order valence-corrected chi connectivity index (χ2v) is 7.86. The number of H-pyrrole nitrogens is 1. The van der Waals surface area contributed by atoms with Crippen molar-refractivity contribution in [2.24, 2.45) is 0 Å². The summed E-state index contributed by atoms with van der Waals surface area (Å²) in [6.45, 7) is 1.95. The summed E-state index contributed by atoms with van der Waals surface area (Å²) in [5.74, 6) is -1.70. The normalized spacial score (nSPS) is 11.0. The van der Waals surface area contributed by atoms with E-state index >= 15 is 0 Å². The molecule has 0 aliphatic rings. The van der Waals surface area contributed by atoms with Crippen molar-refractivity contribution in [2.45, 2.75) is 6.92 Å². The molecule has 2 aromatic heterocycles. The fourth-order valence-electron chi connectivity index (χ4n) is 3.08. The Labute approximate surface area is 174 Å². The van der Waals surface area contributed by atoms with Crippen molar-refractivity contribution in [3.05, 3.63) is 69.7 Å². The van der Waals surface area contributed by atoms with E-state index in [1.807, 2.05) is 31.2 Å². The van der Waals surface area contributed by atoms with Gasteiger partial charge in [0.2, 0.25) is 0 Å². The van der Waals surface area contributed by atoms with E-state index in [0.29, 0.717) is 20.8 Å². The highest BCUT2D eigenvalue weighted by molar-refractivity contribution is 7.14. The minimum absolute atomic E-state index is 0.0363. The third kappa shape index (κ3) is 3.57. The summed E-state index contributed by atoms with van der Waals surface area (Å²) >= 11 is 7.17. The molecule has 4 N–H and O–H groups in total. The number of carboxylic acids is 1. The van der Waals surface area contributed by atoms with Crippen molar-refractivity contribution >= 4 is 51.4 Å². The summed E-state index contributed by atoms with van der Waals surface area (Å²) in [4.78, 5) is 28.0. The number of aromatic amines is 1. The molecular formula is C21H15ClN2O4S. The number of halogens is 1. The van der Waals surface area contributed by atoms with Gasteiger partial charge in [0, 0.05) is 15.8 Å². The summed E-state index contributed by atoms with van der Waals surface area (Å²) < 4.78 is 0. The van der Waals surface area contributed by atoms with Gasteiger partial charge in [-0.25, -0.2) is 4.79 Å². The smallest absolute Gasteiger partial charge is 0.339 e. The minimum atomic E-state index is -1.13. The molecule has 8 heteroatoms. The molecule has 6 nitrogen and oxygen atoms in total. The molecule has 0 spiro atoms. The van der Waals surface area contributed by atoms with Crippen molar-refractivity contribution in [1.29, 1.82) is 0 Å². The van der Waals surface area contributed by atoms with E-state index in [2.05, 4.69) is 10.3 Å². The first-order valence-corrected chi connectivity index (χ1v) is 9.83. The number of amides is 1. The highest BCUT2D eigenvalue weighted by Gasteiger charge is 2.22. The van der Waals surface area contributed by atoms with Crippen LogP contribution in [0.25, 0.3) is 21.3 Å². The van der Waals surface area contributed by atoms with Crippen LogP contribution in [0.5, 0.6) is 5.75 Å². The van der Waals surface area contributed by atoms with Gasteiger partial charge in [-0.2, -0.15) is 0 Å². The maximum Gasteiger partial charge on any atom is 0.339 e. The molecule has 29 heavy (non-hydrogen) atoms. The molecule has 0 bridgehead atoms. The SMILES string of the molecule is Cc1ccc(-c2scc(NC(=O)c3cc4c(O)cc(Cl)cc4[nH]3)c2C(=O)O)cc1. The van der Waals surface area contributed by atoms with Crippen LogP contribution in [-0.4, -0.2) is 27.1 Å². The van der Waals surface area contributed by atoms with Gasteiger partial charge in [-0.15, -0.1) is 11.3 Å². The van der Waals surface area contributed by atoms with Crippen LogP contribution < -0.4 is 5.32 Å². The third-order valence-corrected chi connectivity index (χ3v) is 5.74. The molecule has 0 fully saturated rings. The van der Waals surface area contributed by atoms with Gasteiger partial charge in [-0.05, 0) is 30.7 Å². The van der Waals surface area contributed by atoms with E-state index < -0.39 is 11.9 Å². The number of carboxylic acid groups (broad SMARTS) is 1. The van der Waals surface area contributed by atoms with Crippen molar-refractivity contribution in [2.75, 3.05) is 5.32 Å². The quantitative estimate of drug-likeness (QED) is 0.345. The fourth-order valence-corrected chi connectivity index (χ4v) is 4.29. The molecule has 0 saturated carbocycles. The number of nitrogens with one attached hydrogen (secondary N) is 2. The second-order valence-electron chi connectivity index (χ2n) is 6.55. The second kappa shape index (κ2) is 7.27. The molecule has 0 unspecified atom stereocenters. The number of aromatic hydroxyl groups is 1. The number of hydrogen-bond acceptors (Lipinski definition) is 4. The van der Waals surface area contributed by atoms with Crippen LogP contribution in [0.2, 0.25) is 5.02 Å². The number of benzene rings is 2. The lowest BCUT2D eigenvalue weighted by Gasteiger charge is -2.05. The zero-order valence-electron chi connectivity index (χ0n) is 15.1. The number of phenolic OH excluding ortho intramolecular Hbond substituents is 1. The Morgan fingerprint density at radius 1 is 1.14 bits per heavy atom. The molecule has 0 radical (unpaired) electrons. The number of hydrogen-bond donors (Lipinski definition) is 4. The van der Waals surface area contributed by atoms with Crippen molar-refractivity contribution in [1.82, 2.24) is 4.98 Å². The van der Waals surface area contributed by atoms with Crippen LogP contribution in [0.3, 0.4) is 0 Å². The Bertz CT molecular complexity index is 1260. The Kier molecular flexibility index (Phi) is 4.77. The van der Waals surface area contributed by atoms with Gasteiger partial charge in [0.05, 0.1) is 16.1 Å². The highest BCUT2D eigenvalue weighted by Crippen LogP contribution is 2.37. The Balaban J connectivity index is 1.69. The van der Waals surface area contributed by atoms with Crippen molar-refractivity contribution in [3.63, 3.8) is 0 Å². The monoisotopic (exact) mass is 426 g/mol.